The third-order valence-corrected chi connectivity index (χ3v) is 4.18. The molecule has 1 unspecified atom stereocenters. The van der Waals surface area contributed by atoms with Crippen LogP contribution in [0.15, 0.2) is 24.3 Å². The molecule has 0 aliphatic carbocycles. The Hall–Kier alpha value is -2.88. The number of likely N-dealkylation sites (N-methyl/N-ethyl adjacent to an activating group) is 1. The summed E-state index contributed by atoms with van der Waals surface area (Å²) in [6.45, 7) is 3.48. The number of nitrogens with zero attached hydrogens (tertiary/aromatic N) is 3. The number of amides is 4. The molecular weight excluding hydrogens is 308 g/mol. The quantitative estimate of drug-likeness (QED) is 0.820. The van der Waals surface area contributed by atoms with Crippen LogP contribution in [0.5, 0.6) is 0 Å². The molecule has 1 aliphatic rings. The second kappa shape index (κ2) is 6.71. The highest BCUT2D eigenvalue weighted by molar-refractivity contribution is 6.09. The molecule has 126 valence electrons. The number of hydrogen-bond acceptors (Lipinski definition) is 4. The molecule has 0 spiro atoms. The molecule has 0 radical (unpaired) electrons. The van der Waals surface area contributed by atoms with Crippen LogP contribution >= 0.6 is 0 Å². The van der Waals surface area contributed by atoms with Crippen LogP contribution in [-0.4, -0.2) is 47.8 Å². The standard InChI is InChI=1S/C17H20N4O3/c1-12-5-7-13(8-6-12)17(2)15(23)21(16(24)19-17)11-14(22)20(3)10-4-9-18/h5-8H,4,10-11H2,1-3H3,(H,19,24). The van der Waals surface area contributed by atoms with Gasteiger partial charge in [-0.15, -0.1) is 0 Å². The summed E-state index contributed by atoms with van der Waals surface area (Å²) in [4.78, 5) is 39.3. The van der Waals surface area contributed by atoms with Crippen LogP contribution in [0, 0.1) is 18.3 Å². The van der Waals surface area contributed by atoms with E-state index in [2.05, 4.69) is 5.32 Å². The van der Waals surface area contributed by atoms with Crippen molar-refractivity contribution in [1.29, 1.82) is 5.26 Å². The Balaban J connectivity index is 2.15. The highest BCUT2D eigenvalue weighted by Gasteiger charge is 2.49. The average molecular weight is 328 g/mol. The van der Waals surface area contributed by atoms with Gasteiger partial charge in [-0.1, -0.05) is 29.8 Å². The van der Waals surface area contributed by atoms with E-state index >= 15 is 0 Å². The number of aryl methyl sites for hydroxylation is 1. The summed E-state index contributed by atoms with van der Waals surface area (Å²) in [6, 6.07) is 8.67. The Morgan fingerprint density at radius 3 is 2.54 bits per heavy atom. The topological polar surface area (TPSA) is 93.5 Å². The van der Waals surface area contributed by atoms with E-state index < -0.39 is 17.5 Å². The van der Waals surface area contributed by atoms with Gasteiger partial charge in [0.05, 0.1) is 12.5 Å². The SMILES string of the molecule is Cc1ccc(C2(C)NC(=O)N(CC(=O)N(C)CCC#N)C2=O)cc1. The zero-order chi connectivity index (χ0) is 17.9. The molecule has 4 amide bonds. The number of imide groups is 1. The number of nitriles is 1. The smallest absolute Gasteiger partial charge is 0.325 e. The van der Waals surface area contributed by atoms with Gasteiger partial charge in [0.1, 0.15) is 12.1 Å². The van der Waals surface area contributed by atoms with Crippen LogP contribution in [0.4, 0.5) is 4.79 Å². The van der Waals surface area contributed by atoms with Gasteiger partial charge in [0.2, 0.25) is 5.91 Å². The fourth-order valence-electron chi connectivity index (χ4n) is 2.52. The molecule has 1 aliphatic heterocycles. The highest BCUT2D eigenvalue weighted by atomic mass is 16.2. The van der Waals surface area contributed by atoms with Crippen LogP contribution in [0.3, 0.4) is 0 Å². The normalized spacial score (nSPS) is 19.8. The van der Waals surface area contributed by atoms with Gasteiger partial charge >= 0.3 is 6.03 Å². The first kappa shape index (κ1) is 17.5. The third-order valence-electron chi connectivity index (χ3n) is 4.18. The summed E-state index contributed by atoms with van der Waals surface area (Å²) in [6.07, 6.45) is 0.198. The summed E-state index contributed by atoms with van der Waals surface area (Å²) in [5.41, 5.74) is 0.528. The summed E-state index contributed by atoms with van der Waals surface area (Å²) in [5.74, 6) is -0.847. The number of carbonyl (C=O) groups excluding carboxylic acids is 3. The van der Waals surface area contributed by atoms with E-state index in [9.17, 15) is 14.4 Å². The maximum Gasteiger partial charge on any atom is 0.325 e. The van der Waals surface area contributed by atoms with Crippen molar-refractivity contribution in [3.05, 3.63) is 35.4 Å². The van der Waals surface area contributed by atoms with E-state index in [1.807, 2.05) is 25.1 Å². The van der Waals surface area contributed by atoms with Crippen LogP contribution < -0.4 is 5.32 Å². The first-order valence-corrected chi connectivity index (χ1v) is 7.61. The second-order valence-corrected chi connectivity index (χ2v) is 6.04. The Morgan fingerprint density at radius 1 is 1.33 bits per heavy atom. The van der Waals surface area contributed by atoms with Crippen molar-refractivity contribution in [3.63, 3.8) is 0 Å². The average Bonchev–Trinajstić information content (AvgIpc) is 2.77. The summed E-state index contributed by atoms with van der Waals surface area (Å²) >= 11 is 0. The molecule has 1 aromatic carbocycles. The Kier molecular flexibility index (Phi) is 4.88. The van der Waals surface area contributed by atoms with E-state index in [1.165, 1.54) is 11.9 Å². The van der Waals surface area contributed by atoms with Crippen molar-refractivity contribution in [2.24, 2.45) is 0 Å². The minimum absolute atomic E-state index is 0.198. The molecule has 2 rings (SSSR count). The summed E-state index contributed by atoms with van der Waals surface area (Å²) < 4.78 is 0. The number of carbonyl (C=O) groups is 3. The van der Waals surface area contributed by atoms with Crippen molar-refractivity contribution < 1.29 is 14.4 Å². The van der Waals surface area contributed by atoms with E-state index in [4.69, 9.17) is 5.26 Å². The van der Waals surface area contributed by atoms with Gasteiger partial charge < -0.3 is 10.2 Å². The van der Waals surface area contributed by atoms with Gasteiger partial charge in [0.15, 0.2) is 0 Å². The van der Waals surface area contributed by atoms with Crippen LogP contribution in [0.2, 0.25) is 0 Å². The van der Waals surface area contributed by atoms with Crippen LogP contribution in [-0.2, 0) is 15.1 Å². The van der Waals surface area contributed by atoms with Gasteiger partial charge in [0, 0.05) is 13.6 Å². The Morgan fingerprint density at radius 2 is 1.96 bits per heavy atom. The Bertz CT molecular complexity index is 708. The summed E-state index contributed by atoms with van der Waals surface area (Å²) in [5, 5.41) is 11.2. The lowest BCUT2D eigenvalue weighted by Crippen LogP contribution is -2.43. The number of hydrogen-bond donors (Lipinski definition) is 1. The largest absolute Gasteiger partial charge is 0.343 e. The molecule has 1 saturated heterocycles. The molecule has 0 aromatic heterocycles. The molecule has 24 heavy (non-hydrogen) atoms. The van der Waals surface area contributed by atoms with Gasteiger partial charge in [-0.05, 0) is 19.4 Å². The minimum Gasteiger partial charge on any atom is -0.343 e. The third kappa shape index (κ3) is 3.23. The summed E-state index contributed by atoms with van der Waals surface area (Å²) in [7, 11) is 1.54. The van der Waals surface area contributed by atoms with Crippen LogP contribution in [0.1, 0.15) is 24.5 Å². The first-order chi connectivity index (χ1) is 11.3. The molecule has 7 heteroatoms. The molecule has 1 heterocycles. The predicted molar refractivity (Wildman–Crippen MR) is 86.6 cm³/mol. The number of rotatable bonds is 5. The van der Waals surface area contributed by atoms with Crippen molar-refractivity contribution in [2.75, 3.05) is 20.1 Å². The second-order valence-electron chi connectivity index (χ2n) is 6.04. The van der Waals surface area contributed by atoms with E-state index in [0.29, 0.717) is 5.56 Å². The highest BCUT2D eigenvalue weighted by Crippen LogP contribution is 2.28. The molecule has 0 saturated carbocycles. The first-order valence-electron chi connectivity index (χ1n) is 7.61. The van der Waals surface area contributed by atoms with E-state index in [-0.39, 0.29) is 25.4 Å². The lowest BCUT2D eigenvalue weighted by atomic mass is 9.91. The molecule has 1 fully saturated rings. The fraction of sp³-hybridized carbons (Fsp3) is 0.412. The lowest BCUT2D eigenvalue weighted by molar-refractivity contribution is -0.138. The van der Waals surface area contributed by atoms with Crippen molar-refractivity contribution in [1.82, 2.24) is 15.1 Å². The number of nitrogens with one attached hydrogen (secondary N) is 1. The zero-order valence-electron chi connectivity index (χ0n) is 14.0. The van der Waals surface area contributed by atoms with Crippen molar-refractivity contribution in [2.45, 2.75) is 25.8 Å². The number of benzene rings is 1. The van der Waals surface area contributed by atoms with Crippen LogP contribution in [0.25, 0.3) is 0 Å². The predicted octanol–water partition coefficient (Wildman–Crippen LogP) is 1.13. The zero-order valence-corrected chi connectivity index (χ0v) is 14.0. The maximum atomic E-state index is 12.7. The number of urea groups is 1. The Labute approximate surface area is 140 Å². The molecule has 7 nitrogen and oxygen atoms in total. The molecule has 0 bridgehead atoms. The molecule has 1 atom stereocenters. The lowest BCUT2D eigenvalue weighted by Gasteiger charge is -2.23. The van der Waals surface area contributed by atoms with Crippen molar-refractivity contribution >= 4 is 17.8 Å². The molecular formula is C17H20N4O3. The van der Waals surface area contributed by atoms with Gasteiger partial charge in [-0.2, -0.15) is 5.26 Å². The van der Waals surface area contributed by atoms with Crippen molar-refractivity contribution in [3.8, 4) is 6.07 Å². The van der Waals surface area contributed by atoms with E-state index in [0.717, 1.165) is 10.5 Å². The maximum absolute atomic E-state index is 12.7. The monoisotopic (exact) mass is 328 g/mol. The minimum atomic E-state index is -1.18. The van der Waals surface area contributed by atoms with E-state index in [1.54, 1.807) is 19.1 Å². The molecule has 1 N–H and O–H groups in total. The van der Waals surface area contributed by atoms with Gasteiger partial charge in [-0.25, -0.2) is 4.79 Å². The van der Waals surface area contributed by atoms with Gasteiger partial charge in [-0.3, -0.25) is 14.5 Å². The fourth-order valence-corrected chi connectivity index (χ4v) is 2.52. The van der Waals surface area contributed by atoms with Gasteiger partial charge in [0.25, 0.3) is 5.91 Å². The molecule has 1 aromatic rings.